The molecule has 1 saturated carbocycles. The van der Waals surface area contributed by atoms with Gasteiger partial charge in [0.25, 0.3) is 0 Å². The molecule has 0 spiro atoms. The molecule has 1 aromatic rings. The number of rotatable bonds is 10. The van der Waals surface area contributed by atoms with Crippen molar-refractivity contribution in [1.29, 1.82) is 0 Å². The van der Waals surface area contributed by atoms with Gasteiger partial charge in [-0.2, -0.15) is 0 Å². The van der Waals surface area contributed by atoms with Gasteiger partial charge in [-0.1, -0.05) is 76.6 Å². The van der Waals surface area contributed by atoms with E-state index in [0.29, 0.717) is 12.3 Å². The van der Waals surface area contributed by atoms with Crippen molar-refractivity contribution in [3.63, 3.8) is 0 Å². The summed E-state index contributed by atoms with van der Waals surface area (Å²) < 4.78 is 5.92. The molecule has 3 atom stereocenters. The molecule has 0 radical (unpaired) electrons. The molecule has 0 aliphatic heterocycles. The number of carbonyl (C=O) groups is 2. The Morgan fingerprint density at radius 1 is 1.14 bits per heavy atom. The van der Waals surface area contributed by atoms with Crippen molar-refractivity contribution < 1.29 is 14.3 Å². The summed E-state index contributed by atoms with van der Waals surface area (Å²) in [6, 6.07) is 10.5. The lowest BCUT2D eigenvalue weighted by Gasteiger charge is -2.44. The number of benzene rings is 1. The van der Waals surface area contributed by atoms with E-state index in [1.165, 1.54) is 5.56 Å². The Kier molecular flexibility index (Phi) is 9.13. The van der Waals surface area contributed by atoms with Crippen LogP contribution in [0.4, 0.5) is 0 Å². The van der Waals surface area contributed by atoms with Crippen LogP contribution in [0.15, 0.2) is 42.5 Å². The number of esters is 1. The number of ketones is 1. The molecule has 1 fully saturated rings. The summed E-state index contributed by atoms with van der Waals surface area (Å²) in [5.74, 6) is 0.436. The van der Waals surface area contributed by atoms with Crippen molar-refractivity contribution in [1.82, 2.24) is 0 Å². The van der Waals surface area contributed by atoms with Crippen LogP contribution in [0.25, 0.3) is 0 Å². The molecule has 0 bridgehead atoms. The Morgan fingerprint density at radius 3 is 2.55 bits per heavy atom. The molecule has 0 heterocycles. The van der Waals surface area contributed by atoms with E-state index in [-0.39, 0.29) is 35.6 Å². The van der Waals surface area contributed by atoms with Gasteiger partial charge in [-0.3, -0.25) is 9.59 Å². The van der Waals surface area contributed by atoms with Crippen molar-refractivity contribution >= 4 is 11.8 Å². The zero-order valence-corrected chi connectivity index (χ0v) is 18.7. The minimum atomic E-state index is -0.355. The third-order valence-electron chi connectivity index (χ3n) is 6.35. The molecule has 1 aromatic carbocycles. The molecule has 3 heteroatoms. The van der Waals surface area contributed by atoms with Crippen LogP contribution in [0.3, 0.4) is 0 Å². The molecule has 2 rings (SSSR count). The van der Waals surface area contributed by atoms with Gasteiger partial charge in [0.05, 0.1) is 0 Å². The molecule has 0 N–H and O–H groups in total. The number of Topliss-reactive ketones (excluding diaryl/α,β-unsaturated/α-hetero) is 1. The number of carbonyl (C=O) groups excluding carboxylic acids is 2. The Morgan fingerprint density at radius 2 is 1.86 bits per heavy atom. The second-order valence-electron chi connectivity index (χ2n) is 9.13. The highest BCUT2D eigenvalue weighted by atomic mass is 16.5. The molecule has 3 nitrogen and oxygen atoms in total. The monoisotopic (exact) mass is 398 g/mol. The Labute approximate surface area is 176 Å². The summed E-state index contributed by atoms with van der Waals surface area (Å²) in [5, 5.41) is 0. The summed E-state index contributed by atoms with van der Waals surface area (Å²) in [7, 11) is 0. The van der Waals surface area contributed by atoms with Gasteiger partial charge in [0.15, 0.2) is 0 Å². The lowest BCUT2D eigenvalue weighted by Crippen LogP contribution is -2.43. The molecule has 1 aliphatic rings. The van der Waals surface area contributed by atoms with Crippen LogP contribution in [0.1, 0.15) is 84.6 Å². The van der Waals surface area contributed by atoms with E-state index in [2.05, 4.69) is 64.1 Å². The average molecular weight is 399 g/mol. The Hall–Kier alpha value is -1.90. The predicted octanol–water partition coefficient (Wildman–Crippen LogP) is 6.41. The lowest BCUT2D eigenvalue weighted by atomic mass is 9.64. The zero-order valence-electron chi connectivity index (χ0n) is 18.7. The highest BCUT2D eigenvalue weighted by molar-refractivity contribution is 5.95. The van der Waals surface area contributed by atoms with Gasteiger partial charge in [0.1, 0.15) is 18.3 Å². The SMILES string of the molecule is CC/C=C/CCCC(=O)CC(=O)O[C@@H]1C[C@H](C)CC[C@H]1C(C)(C)c1ccccc1. The second-order valence-corrected chi connectivity index (χ2v) is 9.13. The molecule has 0 aromatic heterocycles. The lowest BCUT2D eigenvalue weighted by molar-refractivity contribution is -0.157. The minimum Gasteiger partial charge on any atom is -0.462 e. The van der Waals surface area contributed by atoms with Crippen LogP contribution < -0.4 is 0 Å². The third kappa shape index (κ3) is 7.13. The molecule has 29 heavy (non-hydrogen) atoms. The van der Waals surface area contributed by atoms with Crippen LogP contribution in [0.5, 0.6) is 0 Å². The van der Waals surface area contributed by atoms with E-state index in [9.17, 15) is 9.59 Å². The Bertz CT molecular complexity index is 674. The number of allylic oxidation sites excluding steroid dienone is 2. The number of hydrogen-bond acceptors (Lipinski definition) is 3. The van der Waals surface area contributed by atoms with Crippen LogP contribution in [0.2, 0.25) is 0 Å². The molecular formula is C26H38O3. The zero-order chi connectivity index (χ0) is 21.3. The average Bonchev–Trinajstić information content (AvgIpc) is 2.68. The third-order valence-corrected chi connectivity index (χ3v) is 6.35. The van der Waals surface area contributed by atoms with Crippen molar-refractivity contribution in [3.8, 4) is 0 Å². The summed E-state index contributed by atoms with van der Waals surface area (Å²) in [5.41, 5.74) is 1.19. The second kappa shape index (κ2) is 11.3. The molecule has 160 valence electrons. The van der Waals surface area contributed by atoms with Crippen molar-refractivity contribution in [2.75, 3.05) is 0 Å². The fraction of sp³-hybridized carbons (Fsp3) is 0.615. The predicted molar refractivity (Wildman–Crippen MR) is 119 cm³/mol. The van der Waals surface area contributed by atoms with Crippen molar-refractivity contribution in [2.45, 2.75) is 90.6 Å². The molecular weight excluding hydrogens is 360 g/mol. The normalized spacial score (nSPS) is 22.6. The Balaban J connectivity index is 1.95. The first kappa shape index (κ1) is 23.4. The standard InChI is InChI=1S/C26H38O3/c1-5-6-7-8-12-15-22(27)19-25(28)29-24-18-20(2)16-17-23(24)26(3,4)21-13-10-9-11-14-21/h6-7,9-11,13-14,20,23-24H,5,8,12,15-19H2,1-4H3/b7-6+/t20-,23-,24-/m1/s1. The summed E-state index contributed by atoms with van der Waals surface area (Å²) in [6.45, 7) is 8.81. The smallest absolute Gasteiger partial charge is 0.313 e. The molecule has 0 saturated heterocycles. The van der Waals surface area contributed by atoms with Crippen LogP contribution >= 0.6 is 0 Å². The summed E-state index contributed by atoms with van der Waals surface area (Å²) in [4.78, 5) is 24.7. The maximum absolute atomic E-state index is 12.5. The number of hydrogen-bond donors (Lipinski definition) is 0. The first-order chi connectivity index (χ1) is 13.8. The minimum absolute atomic E-state index is 0.0115. The summed E-state index contributed by atoms with van der Waals surface area (Å²) in [6.07, 6.45) is 10.2. The van der Waals surface area contributed by atoms with Gasteiger partial charge in [-0.05, 0) is 49.0 Å². The van der Waals surface area contributed by atoms with E-state index in [4.69, 9.17) is 4.74 Å². The van der Waals surface area contributed by atoms with Gasteiger partial charge < -0.3 is 4.74 Å². The van der Waals surface area contributed by atoms with Crippen molar-refractivity contribution in [2.24, 2.45) is 11.8 Å². The summed E-state index contributed by atoms with van der Waals surface area (Å²) >= 11 is 0. The van der Waals surface area contributed by atoms with E-state index in [1.54, 1.807) is 0 Å². The van der Waals surface area contributed by atoms with Crippen LogP contribution in [-0.2, 0) is 19.7 Å². The highest BCUT2D eigenvalue weighted by Gasteiger charge is 2.42. The highest BCUT2D eigenvalue weighted by Crippen LogP contribution is 2.43. The fourth-order valence-corrected chi connectivity index (χ4v) is 4.53. The van der Waals surface area contributed by atoms with Crippen LogP contribution in [-0.4, -0.2) is 17.9 Å². The van der Waals surface area contributed by atoms with Gasteiger partial charge >= 0.3 is 5.97 Å². The molecule has 1 aliphatic carbocycles. The van der Waals surface area contributed by atoms with Crippen LogP contribution in [0, 0.1) is 11.8 Å². The maximum atomic E-state index is 12.5. The van der Waals surface area contributed by atoms with E-state index >= 15 is 0 Å². The quantitative estimate of drug-likeness (QED) is 0.198. The number of unbranched alkanes of at least 4 members (excludes halogenated alkanes) is 1. The van der Waals surface area contributed by atoms with E-state index in [1.807, 2.05) is 6.07 Å². The van der Waals surface area contributed by atoms with Gasteiger partial charge in [-0.15, -0.1) is 0 Å². The fourth-order valence-electron chi connectivity index (χ4n) is 4.53. The molecule has 0 amide bonds. The van der Waals surface area contributed by atoms with Crippen molar-refractivity contribution in [3.05, 3.63) is 48.0 Å². The van der Waals surface area contributed by atoms with Gasteiger partial charge in [0.2, 0.25) is 0 Å². The van der Waals surface area contributed by atoms with Gasteiger partial charge in [0, 0.05) is 12.3 Å². The van der Waals surface area contributed by atoms with E-state index < -0.39 is 0 Å². The maximum Gasteiger partial charge on any atom is 0.313 e. The first-order valence-electron chi connectivity index (χ1n) is 11.3. The number of ether oxygens (including phenoxy) is 1. The largest absolute Gasteiger partial charge is 0.462 e. The topological polar surface area (TPSA) is 43.4 Å². The first-order valence-corrected chi connectivity index (χ1v) is 11.3. The molecule has 0 unspecified atom stereocenters. The van der Waals surface area contributed by atoms with E-state index in [0.717, 1.165) is 38.5 Å². The van der Waals surface area contributed by atoms with Gasteiger partial charge in [-0.25, -0.2) is 0 Å².